The van der Waals surface area contributed by atoms with Crippen LogP contribution in [0.1, 0.15) is 44.6 Å². The number of amides is 1. The van der Waals surface area contributed by atoms with Crippen molar-refractivity contribution in [2.24, 2.45) is 5.16 Å². The minimum Gasteiger partial charge on any atom is -0.511 e. The smallest absolute Gasteiger partial charge is 0.265 e. The molecule has 1 heterocycles. The highest BCUT2D eigenvalue weighted by molar-refractivity contribution is 6.23. The van der Waals surface area contributed by atoms with Crippen molar-refractivity contribution in [1.82, 2.24) is 0 Å². The van der Waals surface area contributed by atoms with Crippen molar-refractivity contribution in [1.29, 1.82) is 0 Å². The van der Waals surface area contributed by atoms with E-state index >= 15 is 0 Å². The van der Waals surface area contributed by atoms with Crippen molar-refractivity contribution in [2.45, 2.75) is 39.0 Å². The van der Waals surface area contributed by atoms with Crippen LogP contribution in [0.3, 0.4) is 0 Å². The first kappa shape index (κ1) is 20.5. The Morgan fingerprint density at radius 1 is 1.38 bits per heavy atom. The predicted molar refractivity (Wildman–Crippen MR) is 109 cm³/mol. The Kier molecular flexibility index (Phi) is 6.23. The maximum atomic E-state index is 12.8. The average Bonchev–Trinajstić information content (AvgIpc) is 2.71. The van der Waals surface area contributed by atoms with Gasteiger partial charge < -0.3 is 14.7 Å². The van der Waals surface area contributed by atoms with E-state index in [0.29, 0.717) is 36.6 Å². The molecule has 1 aromatic carbocycles. The van der Waals surface area contributed by atoms with Gasteiger partial charge in [-0.15, -0.1) is 6.42 Å². The quantitative estimate of drug-likeness (QED) is 0.453. The summed E-state index contributed by atoms with van der Waals surface area (Å²) in [4.78, 5) is 31.5. The summed E-state index contributed by atoms with van der Waals surface area (Å²) in [5.74, 6) is 2.47. The number of carbonyl (C=O) groups excluding carboxylic acids is 2. The summed E-state index contributed by atoms with van der Waals surface area (Å²) >= 11 is 0. The maximum Gasteiger partial charge on any atom is 0.265 e. The summed E-state index contributed by atoms with van der Waals surface area (Å²) in [6.07, 6.45) is 6.41. The number of fused-ring (bicyclic) bond motifs is 1. The van der Waals surface area contributed by atoms with Gasteiger partial charge in [0.15, 0.2) is 12.4 Å². The molecule has 3 rings (SSSR count). The van der Waals surface area contributed by atoms with Gasteiger partial charge in [-0.2, -0.15) is 0 Å². The van der Waals surface area contributed by atoms with Crippen molar-refractivity contribution in [3.8, 4) is 18.1 Å². The fourth-order valence-electron chi connectivity index (χ4n) is 3.62. The Balaban J connectivity index is 1.91. The molecule has 0 spiro atoms. The number of benzene rings is 1. The molecule has 0 radical (unpaired) electrons. The van der Waals surface area contributed by atoms with Crippen LogP contribution >= 0.6 is 0 Å². The number of aliphatic hydroxyl groups excluding tert-OH is 1. The third-order valence-corrected chi connectivity index (χ3v) is 5.01. The second-order valence-corrected chi connectivity index (χ2v) is 6.86. The number of aliphatic hydroxyl groups is 1. The molecule has 152 valence electrons. The van der Waals surface area contributed by atoms with Crippen LogP contribution in [0.25, 0.3) is 0 Å². The van der Waals surface area contributed by atoms with Crippen LogP contribution in [0, 0.1) is 12.3 Å². The Labute approximate surface area is 170 Å². The number of hydrogen-bond donors (Lipinski definition) is 1. The molecule has 1 N–H and O–H groups in total. The molecule has 1 atom stereocenters. The van der Waals surface area contributed by atoms with E-state index in [0.717, 1.165) is 5.56 Å². The number of ether oxygens (including phenoxy) is 1. The first-order chi connectivity index (χ1) is 14.0. The molecule has 7 heteroatoms. The fourth-order valence-corrected chi connectivity index (χ4v) is 3.62. The number of hydrogen-bond acceptors (Lipinski definition) is 6. The highest BCUT2D eigenvalue weighted by Gasteiger charge is 2.33. The number of terminal acetylenes is 1. The van der Waals surface area contributed by atoms with Gasteiger partial charge in [0.25, 0.3) is 5.91 Å². The van der Waals surface area contributed by atoms with E-state index in [-0.39, 0.29) is 48.5 Å². The summed E-state index contributed by atoms with van der Waals surface area (Å²) in [6, 6.07) is 5.44. The fraction of sp³-hybridized carbons (Fsp3) is 0.409. The number of ketones is 1. The van der Waals surface area contributed by atoms with Gasteiger partial charge in [-0.25, -0.2) is 0 Å². The third-order valence-electron chi connectivity index (χ3n) is 5.01. The summed E-state index contributed by atoms with van der Waals surface area (Å²) in [5, 5.41) is 14.6. The minimum absolute atomic E-state index is 0.0112. The van der Waals surface area contributed by atoms with E-state index in [1.54, 1.807) is 13.0 Å². The molecule has 1 unspecified atom stereocenters. The number of rotatable bonds is 6. The van der Waals surface area contributed by atoms with E-state index < -0.39 is 0 Å². The molecule has 0 saturated heterocycles. The Morgan fingerprint density at radius 2 is 2.17 bits per heavy atom. The van der Waals surface area contributed by atoms with Gasteiger partial charge in [0.2, 0.25) is 0 Å². The number of oxime groups is 1. The number of anilines is 1. The highest BCUT2D eigenvalue weighted by atomic mass is 16.6. The number of carbonyl (C=O) groups is 2. The van der Waals surface area contributed by atoms with E-state index in [1.807, 2.05) is 19.1 Å². The van der Waals surface area contributed by atoms with Gasteiger partial charge in [0.05, 0.1) is 23.5 Å². The van der Waals surface area contributed by atoms with E-state index in [9.17, 15) is 14.7 Å². The molecule has 0 aromatic heterocycles. The first-order valence-electron chi connectivity index (χ1n) is 9.65. The monoisotopic (exact) mass is 396 g/mol. The lowest BCUT2D eigenvalue weighted by Crippen LogP contribution is -2.39. The van der Waals surface area contributed by atoms with Crippen LogP contribution in [-0.4, -0.2) is 42.3 Å². The second kappa shape index (κ2) is 8.82. The highest BCUT2D eigenvalue weighted by Crippen LogP contribution is 2.39. The Hall–Kier alpha value is -3.27. The van der Waals surface area contributed by atoms with Crippen molar-refractivity contribution in [2.75, 3.05) is 24.7 Å². The molecule has 2 aliphatic rings. The van der Waals surface area contributed by atoms with Crippen LogP contribution in [0.15, 0.2) is 34.7 Å². The van der Waals surface area contributed by atoms with Gasteiger partial charge in [-0.1, -0.05) is 24.1 Å². The topological polar surface area (TPSA) is 88.4 Å². The zero-order valence-corrected chi connectivity index (χ0v) is 16.6. The SMILES string of the molecule is C#CCN1C(=O)COc2ccc(C3CC(=O)C(C(CC)=NOCC)=C(O)C3)cc21. The van der Waals surface area contributed by atoms with Crippen LogP contribution in [0.2, 0.25) is 0 Å². The third kappa shape index (κ3) is 4.11. The zero-order valence-electron chi connectivity index (χ0n) is 16.6. The molecule has 0 bridgehead atoms. The number of allylic oxidation sites excluding steroid dienone is 2. The molecule has 7 nitrogen and oxygen atoms in total. The largest absolute Gasteiger partial charge is 0.511 e. The second-order valence-electron chi connectivity index (χ2n) is 6.86. The molecular formula is C22H24N2O5. The predicted octanol–water partition coefficient (Wildman–Crippen LogP) is 3.11. The number of Topliss-reactive ketones (excluding diaryl/α,β-unsaturated/α-hetero) is 1. The summed E-state index contributed by atoms with van der Waals surface area (Å²) in [6.45, 7) is 4.14. The Morgan fingerprint density at radius 3 is 2.83 bits per heavy atom. The van der Waals surface area contributed by atoms with Gasteiger partial charge in [0, 0.05) is 12.8 Å². The van der Waals surface area contributed by atoms with E-state index in [2.05, 4.69) is 11.1 Å². The first-order valence-corrected chi connectivity index (χ1v) is 9.65. The molecule has 1 aromatic rings. The zero-order chi connectivity index (χ0) is 21.0. The van der Waals surface area contributed by atoms with Crippen LogP contribution in [-0.2, 0) is 14.4 Å². The summed E-state index contributed by atoms with van der Waals surface area (Å²) in [7, 11) is 0. The summed E-state index contributed by atoms with van der Waals surface area (Å²) in [5.41, 5.74) is 2.13. The lowest BCUT2D eigenvalue weighted by Gasteiger charge is -2.30. The molecule has 1 aliphatic heterocycles. The van der Waals surface area contributed by atoms with Crippen molar-refractivity contribution < 1.29 is 24.3 Å². The van der Waals surface area contributed by atoms with Gasteiger partial charge >= 0.3 is 0 Å². The van der Waals surface area contributed by atoms with Crippen molar-refractivity contribution in [3.63, 3.8) is 0 Å². The van der Waals surface area contributed by atoms with Crippen LogP contribution < -0.4 is 9.64 Å². The maximum absolute atomic E-state index is 12.8. The van der Waals surface area contributed by atoms with Gasteiger partial charge in [-0.3, -0.25) is 14.5 Å². The molecular weight excluding hydrogens is 372 g/mol. The van der Waals surface area contributed by atoms with E-state index in [1.165, 1.54) is 4.90 Å². The van der Waals surface area contributed by atoms with Crippen molar-refractivity contribution in [3.05, 3.63) is 35.1 Å². The normalized spacial score (nSPS) is 19.6. The average molecular weight is 396 g/mol. The Bertz CT molecular complexity index is 926. The van der Waals surface area contributed by atoms with Gasteiger partial charge in [-0.05, 0) is 37.0 Å². The van der Waals surface area contributed by atoms with Crippen LogP contribution in [0.4, 0.5) is 5.69 Å². The number of nitrogens with zero attached hydrogens (tertiary/aromatic N) is 2. The lowest BCUT2D eigenvalue weighted by molar-refractivity contribution is -0.121. The molecule has 0 fully saturated rings. The standard InChI is InChI=1S/C22H24N2O5/c1-4-9-24-17-10-14(7-8-20(17)28-13-21(24)27)15-11-18(25)22(19(26)12-15)16(5-2)23-29-6-3/h1,7-8,10,15,25H,5-6,9,11-13H2,2-3H3. The summed E-state index contributed by atoms with van der Waals surface area (Å²) < 4.78 is 5.48. The van der Waals surface area contributed by atoms with Crippen molar-refractivity contribution >= 4 is 23.1 Å². The van der Waals surface area contributed by atoms with Gasteiger partial charge in [0.1, 0.15) is 18.1 Å². The van der Waals surface area contributed by atoms with E-state index in [4.69, 9.17) is 16.0 Å². The molecule has 1 aliphatic carbocycles. The molecule has 0 saturated carbocycles. The van der Waals surface area contributed by atoms with Crippen LogP contribution in [0.5, 0.6) is 5.75 Å². The lowest BCUT2D eigenvalue weighted by atomic mass is 9.80. The molecule has 1 amide bonds. The minimum atomic E-state index is -0.216. The molecule has 29 heavy (non-hydrogen) atoms.